The molecule has 1 saturated heterocycles. The van der Waals surface area contributed by atoms with Crippen molar-refractivity contribution in [2.75, 3.05) is 26.2 Å². The van der Waals surface area contributed by atoms with Gasteiger partial charge in [-0.3, -0.25) is 0 Å². The standard InChI is InChI=1S/C16H24BrFN2/c1-13(15-7-6-14(17)12-16(15)18)19-8-5-11-20-9-3-2-4-10-20/h6-7,12-13,19H,2-5,8-11H2,1H3. The third-order valence-corrected chi connectivity index (χ3v) is 4.47. The number of hydrogen-bond acceptors (Lipinski definition) is 2. The first-order valence-electron chi connectivity index (χ1n) is 7.57. The molecule has 0 bridgehead atoms. The minimum absolute atomic E-state index is 0.0597. The zero-order valence-electron chi connectivity index (χ0n) is 12.2. The summed E-state index contributed by atoms with van der Waals surface area (Å²) in [6.07, 6.45) is 5.19. The number of nitrogens with one attached hydrogen (secondary N) is 1. The van der Waals surface area contributed by atoms with Gasteiger partial charge in [-0.15, -0.1) is 0 Å². The maximum atomic E-state index is 13.8. The van der Waals surface area contributed by atoms with Crippen LogP contribution >= 0.6 is 15.9 Å². The molecule has 1 aliphatic heterocycles. The average Bonchev–Trinajstić information content (AvgIpc) is 2.44. The van der Waals surface area contributed by atoms with Crippen LogP contribution in [0.4, 0.5) is 4.39 Å². The molecule has 4 heteroatoms. The van der Waals surface area contributed by atoms with Crippen LogP contribution in [0.1, 0.15) is 44.2 Å². The fourth-order valence-electron chi connectivity index (χ4n) is 2.77. The second-order valence-electron chi connectivity index (χ2n) is 5.60. The van der Waals surface area contributed by atoms with Crippen LogP contribution in [0.5, 0.6) is 0 Å². The second-order valence-corrected chi connectivity index (χ2v) is 6.51. The van der Waals surface area contributed by atoms with Gasteiger partial charge in [0.2, 0.25) is 0 Å². The highest BCUT2D eigenvalue weighted by Crippen LogP contribution is 2.20. The SMILES string of the molecule is CC(NCCCN1CCCCC1)c1ccc(Br)cc1F. The monoisotopic (exact) mass is 342 g/mol. The molecular formula is C16H24BrFN2. The minimum Gasteiger partial charge on any atom is -0.310 e. The first kappa shape index (κ1) is 15.9. The van der Waals surface area contributed by atoms with Crippen molar-refractivity contribution in [1.29, 1.82) is 0 Å². The van der Waals surface area contributed by atoms with Gasteiger partial charge in [-0.25, -0.2) is 4.39 Å². The molecule has 1 heterocycles. The van der Waals surface area contributed by atoms with Gasteiger partial charge in [-0.1, -0.05) is 28.4 Å². The Morgan fingerprint density at radius 2 is 2.05 bits per heavy atom. The van der Waals surface area contributed by atoms with Crippen molar-refractivity contribution >= 4 is 15.9 Å². The largest absolute Gasteiger partial charge is 0.310 e. The molecular weight excluding hydrogens is 319 g/mol. The molecule has 1 atom stereocenters. The van der Waals surface area contributed by atoms with Gasteiger partial charge in [0.05, 0.1) is 0 Å². The van der Waals surface area contributed by atoms with E-state index in [-0.39, 0.29) is 11.9 Å². The van der Waals surface area contributed by atoms with E-state index in [1.807, 2.05) is 19.1 Å². The molecule has 0 aliphatic carbocycles. The minimum atomic E-state index is -0.143. The normalized spacial score (nSPS) is 18.1. The molecule has 20 heavy (non-hydrogen) atoms. The van der Waals surface area contributed by atoms with Crippen molar-refractivity contribution in [2.45, 2.75) is 38.6 Å². The molecule has 0 saturated carbocycles. The molecule has 2 nitrogen and oxygen atoms in total. The first-order chi connectivity index (χ1) is 9.66. The van der Waals surface area contributed by atoms with E-state index in [2.05, 4.69) is 26.1 Å². The van der Waals surface area contributed by atoms with Crippen molar-refractivity contribution in [2.24, 2.45) is 0 Å². The summed E-state index contributed by atoms with van der Waals surface area (Å²) >= 11 is 3.29. The lowest BCUT2D eigenvalue weighted by Crippen LogP contribution is -2.32. The van der Waals surface area contributed by atoms with Crippen LogP contribution in [-0.2, 0) is 0 Å². The molecule has 2 rings (SSSR count). The lowest BCUT2D eigenvalue weighted by atomic mass is 10.1. The molecule has 1 N–H and O–H groups in total. The highest BCUT2D eigenvalue weighted by molar-refractivity contribution is 9.10. The maximum Gasteiger partial charge on any atom is 0.129 e. The van der Waals surface area contributed by atoms with E-state index < -0.39 is 0 Å². The Kier molecular flexibility index (Phi) is 6.46. The zero-order valence-corrected chi connectivity index (χ0v) is 13.8. The second kappa shape index (κ2) is 8.11. The number of nitrogens with zero attached hydrogens (tertiary/aromatic N) is 1. The molecule has 0 aromatic heterocycles. The van der Waals surface area contributed by atoms with Crippen LogP contribution in [0.3, 0.4) is 0 Å². The van der Waals surface area contributed by atoms with E-state index in [0.29, 0.717) is 0 Å². The van der Waals surface area contributed by atoms with Gasteiger partial charge >= 0.3 is 0 Å². The van der Waals surface area contributed by atoms with Gasteiger partial charge in [-0.2, -0.15) is 0 Å². The Morgan fingerprint density at radius 3 is 2.75 bits per heavy atom. The summed E-state index contributed by atoms with van der Waals surface area (Å²) < 4.78 is 14.6. The Labute approximate surface area is 129 Å². The van der Waals surface area contributed by atoms with Crippen molar-refractivity contribution in [3.05, 3.63) is 34.1 Å². The van der Waals surface area contributed by atoms with Gasteiger partial charge in [0.25, 0.3) is 0 Å². The summed E-state index contributed by atoms with van der Waals surface area (Å²) in [4.78, 5) is 2.54. The Balaban J connectivity index is 1.70. The Bertz CT molecular complexity index is 419. The van der Waals surface area contributed by atoms with Gasteiger partial charge < -0.3 is 10.2 Å². The van der Waals surface area contributed by atoms with Gasteiger partial charge in [0.15, 0.2) is 0 Å². The Morgan fingerprint density at radius 1 is 1.30 bits per heavy atom. The summed E-state index contributed by atoms with van der Waals surface area (Å²) in [5.41, 5.74) is 0.742. The van der Waals surface area contributed by atoms with Crippen LogP contribution in [0, 0.1) is 5.82 Å². The van der Waals surface area contributed by atoms with E-state index in [9.17, 15) is 4.39 Å². The lowest BCUT2D eigenvalue weighted by Gasteiger charge is -2.26. The predicted octanol–water partition coefficient (Wildman–Crippen LogP) is 4.11. The van der Waals surface area contributed by atoms with Crippen molar-refractivity contribution < 1.29 is 4.39 Å². The summed E-state index contributed by atoms with van der Waals surface area (Å²) in [5, 5.41) is 3.42. The summed E-state index contributed by atoms with van der Waals surface area (Å²) in [6.45, 7) is 6.61. The van der Waals surface area contributed by atoms with Crippen LogP contribution < -0.4 is 5.32 Å². The predicted molar refractivity (Wildman–Crippen MR) is 85.4 cm³/mol. The zero-order chi connectivity index (χ0) is 14.4. The highest BCUT2D eigenvalue weighted by Gasteiger charge is 2.12. The van der Waals surface area contributed by atoms with Gasteiger partial charge in [-0.05, 0) is 64.5 Å². The van der Waals surface area contributed by atoms with Crippen LogP contribution in [0.2, 0.25) is 0 Å². The molecule has 1 aromatic rings. The molecule has 0 radical (unpaired) electrons. The number of rotatable bonds is 6. The molecule has 0 spiro atoms. The number of likely N-dealkylation sites (tertiary alicyclic amines) is 1. The van der Waals surface area contributed by atoms with Gasteiger partial charge in [0.1, 0.15) is 5.82 Å². The van der Waals surface area contributed by atoms with E-state index in [4.69, 9.17) is 0 Å². The smallest absolute Gasteiger partial charge is 0.129 e. The van der Waals surface area contributed by atoms with E-state index in [0.717, 1.165) is 29.5 Å². The maximum absolute atomic E-state index is 13.8. The quantitative estimate of drug-likeness (QED) is 0.782. The number of piperidine rings is 1. The van der Waals surface area contributed by atoms with Crippen LogP contribution in [0.15, 0.2) is 22.7 Å². The molecule has 1 aromatic carbocycles. The first-order valence-corrected chi connectivity index (χ1v) is 8.37. The molecule has 0 amide bonds. The van der Waals surface area contributed by atoms with Crippen molar-refractivity contribution in [3.8, 4) is 0 Å². The molecule has 112 valence electrons. The van der Waals surface area contributed by atoms with E-state index in [1.54, 1.807) is 0 Å². The van der Waals surface area contributed by atoms with E-state index in [1.165, 1.54) is 38.4 Å². The van der Waals surface area contributed by atoms with Crippen LogP contribution in [-0.4, -0.2) is 31.1 Å². The number of benzene rings is 1. The number of halogens is 2. The summed E-state index contributed by atoms with van der Waals surface area (Å²) in [6, 6.07) is 5.33. The fraction of sp³-hybridized carbons (Fsp3) is 0.625. The topological polar surface area (TPSA) is 15.3 Å². The third kappa shape index (κ3) is 4.83. The third-order valence-electron chi connectivity index (χ3n) is 3.98. The summed E-state index contributed by atoms with van der Waals surface area (Å²) in [7, 11) is 0. The summed E-state index contributed by atoms with van der Waals surface area (Å²) in [5.74, 6) is -0.143. The molecule has 1 unspecified atom stereocenters. The van der Waals surface area contributed by atoms with Crippen molar-refractivity contribution in [3.63, 3.8) is 0 Å². The Hall–Kier alpha value is -0.450. The van der Waals surface area contributed by atoms with Crippen LogP contribution in [0.25, 0.3) is 0 Å². The molecule has 1 fully saturated rings. The highest BCUT2D eigenvalue weighted by atomic mass is 79.9. The number of hydrogen-bond donors (Lipinski definition) is 1. The molecule has 1 aliphatic rings. The van der Waals surface area contributed by atoms with Gasteiger partial charge in [0, 0.05) is 16.1 Å². The van der Waals surface area contributed by atoms with Crippen molar-refractivity contribution in [1.82, 2.24) is 10.2 Å². The van der Waals surface area contributed by atoms with E-state index >= 15 is 0 Å². The fourth-order valence-corrected chi connectivity index (χ4v) is 3.10. The lowest BCUT2D eigenvalue weighted by molar-refractivity contribution is 0.225. The average molecular weight is 343 g/mol.